The van der Waals surface area contributed by atoms with Gasteiger partial charge in [0.2, 0.25) is 5.88 Å². The van der Waals surface area contributed by atoms with E-state index in [0.29, 0.717) is 16.1 Å². The van der Waals surface area contributed by atoms with Crippen LogP contribution in [0.2, 0.25) is 0 Å². The number of ether oxygens (including phenoxy) is 1. The molecule has 0 aliphatic heterocycles. The van der Waals surface area contributed by atoms with Gasteiger partial charge in [-0.05, 0) is 52.2 Å². The standard InChI is InChI=1S/C15H15BrFNO2/c1-2-3-11-6-10(9-19)7-15(18-11)20-12-4-5-14(17)13(16)8-12/h4-8,19H,2-3,9H2,1H3. The Morgan fingerprint density at radius 3 is 2.75 bits per heavy atom. The predicted octanol–water partition coefficient (Wildman–Crippen LogP) is 4.22. The largest absolute Gasteiger partial charge is 0.439 e. The molecule has 5 heteroatoms. The van der Waals surface area contributed by atoms with Gasteiger partial charge in [-0.2, -0.15) is 0 Å². The summed E-state index contributed by atoms with van der Waals surface area (Å²) in [5, 5.41) is 9.26. The zero-order valence-corrected chi connectivity index (χ0v) is 12.7. The lowest BCUT2D eigenvalue weighted by Gasteiger charge is -2.09. The highest BCUT2D eigenvalue weighted by Crippen LogP contribution is 2.26. The molecule has 106 valence electrons. The summed E-state index contributed by atoms with van der Waals surface area (Å²) in [6.45, 7) is 1.99. The average molecular weight is 340 g/mol. The van der Waals surface area contributed by atoms with Crippen molar-refractivity contribution in [3.63, 3.8) is 0 Å². The number of aliphatic hydroxyl groups is 1. The molecule has 2 rings (SSSR count). The van der Waals surface area contributed by atoms with Crippen molar-refractivity contribution in [1.82, 2.24) is 4.98 Å². The zero-order chi connectivity index (χ0) is 14.5. The molecule has 0 radical (unpaired) electrons. The Morgan fingerprint density at radius 2 is 2.10 bits per heavy atom. The number of aliphatic hydroxyl groups excluding tert-OH is 1. The van der Waals surface area contributed by atoms with Gasteiger partial charge in [0.1, 0.15) is 11.6 Å². The number of aryl methyl sites for hydroxylation is 1. The van der Waals surface area contributed by atoms with E-state index in [9.17, 15) is 9.50 Å². The maximum absolute atomic E-state index is 13.2. The lowest BCUT2D eigenvalue weighted by molar-refractivity contribution is 0.280. The minimum absolute atomic E-state index is 0.0668. The lowest BCUT2D eigenvalue weighted by atomic mass is 10.2. The van der Waals surface area contributed by atoms with E-state index in [1.165, 1.54) is 12.1 Å². The van der Waals surface area contributed by atoms with Crippen molar-refractivity contribution in [2.45, 2.75) is 26.4 Å². The van der Waals surface area contributed by atoms with E-state index < -0.39 is 0 Å². The second-order valence-corrected chi connectivity index (χ2v) is 5.25. The molecule has 1 aromatic heterocycles. The molecule has 0 saturated carbocycles. The van der Waals surface area contributed by atoms with Crippen LogP contribution in [0.15, 0.2) is 34.8 Å². The van der Waals surface area contributed by atoms with Crippen molar-refractivity contribution in [3.8, 4) is 11.6 Å². The normalized spacial score (nSPS) is 10.6. The van der Waals surface area contributed by atoms with Crippen LogP contribution < -0.4 is 4.74 Å². The maximum Gasteiger partial charge on any atom is 0.219 e. The van der Waals surface area contributed by atoms with E-state index in [2.05, 4.69) is 27.8 Å². The number of halogens is 2. The number of nitrogens with zero attached hydrogens (tertiary/aromatic N) is 1. The van der Waals surface area contributed by atoms with E-state index in [4.69, 9.17) is 4.74 Å². The minimum Gasteiger partial charge on any atom is -0.439 e. The van der Waals surface area contributed by atoms with Crippen molar-refractivity contribution < 1.29 is 14.2 Å². The third-order valence-electron chi connectivity index (χ3n) is 2.72. The second-order valence-electron chi connectivity index (χ2n) is 4.39. The molecule has 0 fully saturated rings. The Kier molecular flexibility index (Phi) is 5.09. The highest BCUT2D eigenvalue weighted by Gasteiger charge is 2.06. The molecule has 0 amide bonds. The Morgan fingerprint density at radius 1 is 1.30 bits per heavy atom. The molecule has 3 nitrogen and oxygen atoms in total. The molecule has 1 aromatic carbocycles. The summed E-state index contributed by atoms with van der Waals surface area (Å²) in [6, 6.07) is 7.94. The molecular weight excluding hydrogens is 325 g/mol. The van der Waals surface area contributed by atoms with Crippen LogP contribution in [0.4, 0.5) is 4.39 Å². The number of hydrogen-bond acceptors (Lipinski definition) is 3. The highest BCUT2D eigenvalue weighted by molar-refractivity contribution is 9.10. The smallest absolute Gasteiger partial charge is 0.219 e. The summed E-state index contributed by atoms with van der Waals surface area (Å²) in [5.74, 6) is 0.544. The van der Waals surface area contributed by atoms with Crippen LogP contribution >= 0.6 is 15.9 Å². The van der Waals surface area contributed by atoms with Crippen molar-refractivity contribution in [1.29, 1.82) is 0 Å². The fourth-order valence-electron chi connectivity index (χ4n) is 1.81. The van der Waals surface area contributed by atoms with Gasteiger partial charge in [-0.25, -0.2) is 9.37 Å². The van der Waals surface area contributed by atoms with Crippen LogP contribution in [0.1, 0.15) is 24.6 Å². The minimum atomic E-state index is -0.346. The van der Waals surface area contributed by atoms with Crippen molar-refractivity contribution in [3.05, 3.63) is 51.9 Å². The molecule has 0 aliphatic carbocycles. The number of pyridine rings is 1. The van der Waals surface area contributed by atoms with Gasteiger partial charge in [-0.15, -0.1) is 0 Å². The highest BCUT2D eigenvalue weighted by atomic mass is 79.9. The van der Waals surface area contributed by atoms with Crippen LogP contribution in [-0.4, -0.2) is 10.1 Å². The Labute approximate surface area is 125 Å². The topological polar surface area (TPSA) is 42.4 Å². The van der Waals surface area contributed by atoms with Crippen molar-refractivity contribution >= 4 is 15.9 Å². The number of rotatable bonds is 5. The third-order valence-corrected chi connectivity index (χ3v) is 3.32. The fraction of sp³-hybridized carbons (Fsp3) is 0.267. The molecule has 20 heavy (non-hydrogen) atoms. The number of aromatic nitrogens is 1. The summed E-state index contributed by atoms with van der Waals surface area (Å²) in [5.41, 5.74) is 1.62. The van der Waals surface area contributed by atoms with Gasteiger partial charge in [0, 0.05) is 11.8 Å². The van der Waals surface area contributed by atoms with Crippen LogP contribution in [0.25, 0.3) is 0 Å². The van der Waals surface area contributed by atoms with E-state index in [1.807, 2.05) is 6.07 Å². The van der Waals surface area contributed by atoms with E-state index in [0.717, 1.165) is 24.1 Å². The van der Waals surface area contributed by atoms with Crippen LogP contribution in [0.3, 0.4) is 0 Å². The molecule has 1 N–H and O–H groups in total. The summed E-state index contributed by atoms with van der Waals surface area (Å²) in [7, 11) is 0. The van der Waals surface area contributed by atoms with Gasteiger partial charge in [-0.1, -0.05) is 13.3 Å². The maximum atomic E-state index is 13.2. The lowest BCUT2D eigenvalue weighted by Crippen LogP contribution is -1.97. The van der Waals surface area contributed by atoms with Gasteiger partial charge in [-0.3, -0.25) is 0 Å². The van der Waals surface area contributed by atoms with Crippen LogP contribution in [0.5, 0.6) is 11.6 Å². The SMILES string of the molecule is CCCc1cc(CO)cc(Oc2ccc(F)c(Br)c2)n1. The first-order valence-corrected chi connectivity index (χ1v) is 7.15. The molecule has 0 aliphatic rings. The van der Waals surface area contributed by atoms with Gasteiger partial charge < -0.3 is 9.84 Å². The predicted molar refractivity (Wildman–Crippen MR) is 78.3 cm³/mol. The molecule has 1 heterocycles. The molecule has 0 bridgehead atoms. The van der Waals surface area contributed by atoms with Gasteiger partial charge in [0.15, 0.2) is 0 Å². The first-order chi connectivity index (χ1) is 9.62. The first-order valence-electron chi connectivity index (χ1n) is 6.36. The van der Waals surface area contributed by atoms with Crippen molar-refractivity contribution in [2.75, 3.05) is 0 Å². The Balaban J connectivity index is 2.27. The van der Waals surface area contributed by atoms with Crippen LogP contribution in [0, 0.1) is 5.82 Å². The summed E-state index contributed by atoms with van der Waals surface area (Å²) < 4.78 is 19.1. The van der Waals surface area contributed by atoms with Gasteiger partial charge >= 0.3 is 0 Å². The molecule has 0 spiro atoms. The van der Waals surface area contributed by atoms with E-state index in [1.54, 1.807) is 12.1 Å². The summed E-state index contributed by atoms with van der Waals surface area (Å²) in [4.78, 5) is 4.38. The Bertz CT molecular complexity index is 604. The van der Waals surface area contributed by atoms with Crippen LogP contribution in [-0.2, 0) is 13.0 Å². The Hall–Kier alpha value is -1.46. The summed E-state index contributed by atoms with van der Waals surface area (Å²) >= 11 is 3.11. The van der Waals surface area contributed by atoms with Crippen molar-refractivity contribution in [2.24, 2.45) is 0 Å². The molecule has 0 saturated heterocycles. The van der Waals surface area contributed by atoms with Gasteiger partial charge in [0.25, 0.3) is 0 Å². The zero-order valence-electron chi connectivity index (χ0n) is 11.1. The summed E-state index contributed by atoms with van der Waals surface area (Å²) in [6.07, 6.45) is 1.78. The third kappa shape index (κ3) is 3.77. The second kappa shape index (κ2) is 6.81. The number of hydrogen-bond donors (Lipinski definition) is 1. The van der Waals surface area contributed by atoms with E-state index >= 15 is 0 Å². The molecular formula is C15H15BrFNO2. The monoisotopic (exact) mass is 339 g/mol. The quantitative estimate of drug-likeness (QED) is 0.886. The average Bonchev–Trinajstić information content (AvgIpc) is 2.43. The molecule has 0 atom stereocenters. The first kappa shape index (κ1) is 14.9. The molecule has 2 aromatic rings. The fourth-order valence-corrected chi connectivity index (χ4v) is 2.17. The molecule has 0 unspecified atom stereocenters. The van der Waals surface area contributed by atoms with E-state index in [-0.39, 0.29) is 12.4 Å². The van der Waals surface area contributed by atoms with Gasteiger partial charge in [0.05, 0.1) is 11.1 Å². The number of benzene rings is 1.